The minimum Gasteiger partial charge on any atom is -0.503 e. The average molecular weight is 240 g/mol. The zero-order chi connectivity index (χ0) is 12.8. The topological polar surface area (TPSA) is 74.6 Å². The third-order valence-electron chi connectivity index (χ3n) is 2.15. The number of hydrogen-bond acceptors (Lipinski definition) is 5. The molecule has 1 unspecified atom stereocenters. The summed E-state index contributed by atoms with van der Waals surface area (Å²) in [5.74, 6) is 0.146. The van der Waals surface area contributed by atoms with Gasteiger partial charge in [0.2, 0.25) is 0 Å². The summed E-state index contributed by atoms with van der Waals surface area (Å²) >= 11 is 0. The number of hydrogen-bond donors (Lipinski definition) is 3. The third kappa shape index (κ3) is 5.01. The van der Waals surface area contributed by atoms with Gasteiger partial charge < -0.3 is 20.3 Å². The molecule has 1 heterocycles. The van der Waals surface area contributed by atoms with Gasteiger partial charge in [-0.05, 0) is 19.1 Å². The van der Waals surface area contributed by atoms with Crippen molar-refractivity contribution in [2.45, 2.75) is 32.9 Å². The predicted molar refractivity (Wildman–Crippen MR) is 65.3 cm³/mol. The molecule has 0 spiro atoms. The normalized spacial score (nSPS) is 12.8. The lowest BCUT2D eigenvalue weighted by Crippen LogP contribution is -2.35. The van der Waals surface area contributed by atoms with Crippen LogP contribution >= 0.6 is 0 Å². The van der Waals surface area contributed by atoms with E-state index in [0.717, 1.165) is 5.69 Å². The highest BCUT2D eigenvalue weighted by atomic mass is 16.5. The largest absolute Gasteiger partial charge is 0.503 e. The Labute approximate surface area is 101 Å². The fourth-order valence-corrected chi connectivity index (χ4v) is 1.24. The Bertz CT molecular complexity index is 356. The van der Waals surface area contributed by atoms with Crippen molar-refractivity contribution in [3.8, 4) is 11.6 Å². The monoisotopic (exact) mass is 240 g/mol. The van der Waals surface area contributed by atoms with Crippen LogP contribution in [0.2, 0.25) is 0 Å². The molecule has 0 aliphatic rings. The Morgan fingerprint density at radius 3 is 2.76 bits per heavy atom. The first-order valence-corrected chi connectivity index (χ1v) is 5.70. The van der Waals surface area contributed by atoms with Gasteiger partial charge in [-0.2, -0.15) is 0 Å². The molecule has 1 rings (SSSR count). The number of aliphatic hydroxyl groups excluding tert-OH is 1. The van der Waals surface area contributed by atoms with Gasteiger partial charge in [-0.15, -0.1) is 0 Å². The van der Waals surface area contributed by atoms with Gasteiger partial charge in [0.05, 0.1) is 0 Å². The van der Waals surface area contributed by atoms with Gasteiger partial charge in [-0.3, -0.25) is 0 Å². The van der Waals surface area contributed by atoms with Crippen molar-refractivity contribution in [1.29, 1.82) is 0 Å². The first-order chi connectivity index (χ1) is 7.99. The SMILES string of the molecule is Cc1ccc(O)c(OCC(O)CNC(C)C)n1. The van der Waals surface area contributed by atoms with E-state index in [-0.39, 0.29) is 18.2 Å². The van der Waals surface area contributed by atoms with Crippen LogP contribution in [-0.4, -0.2) is 40.5 Å². The van der Waals surface area contributed by atoms with Gasteiger partial charge in [0, 0.05) is 18.3 Å². The maximum absolute atomic E-state index is 9.62. The first-order valence-electron chi connectivity index (χ1n) is 5.70. The first kappa shape index (κ1) is 13.7. The van der Waals surface area contributed by atoms with Crippen LogP contribution < -0.4 is 10.1 Å². The molecule has 1 aromatic heterocycles. The van der Waals surface area contributed by atoms with Crippen LogP contribution in [-0.2, 0) is 0 Å². The van der Waals surface area contributed by atoms with Crippen molar-refractivity contribution in [3.05, 3.63) is 17.8 Å². The molecule has 0 amide bonds. The number of rotatable bonds is 6. The van der Waals surface area contributed by atoms with Gasteiger partial charge in [-0.1, -0.05) is 13.8 Å². The highest BCUT2D eigenvalue weighted by Gasteiger charge is 2.09. The van der Waals surface area contributed by atoms with E-state index in [1.165, 1.54) is 6.07 Å². The van der Waals surface area contributed by atoms with Crippen molar-refractivity contribution in [2.75, 3.05) is 13.2 Å². The number of pyridine rings is 1. The molecule has 0 radical (unpaired) electrons. The van der Waals surface area contributed by atoms with E-state index in [1.807, 2.05) is 20.8 Å². The fraction of sp³-hybridized carbons (Fsp3) is 0.583. The van der Waals surface area contributed by atoms with E-state index in [1.54, 1.807) is 6.07 Å². The van der Waals surface area contributed by atoms with E-state index in [9.17, 15) is 10.2 Å². The van der Waals surface area contributed by atoms with E-state index in [2.05, 4.69) is 10.3 Å². The molecular formula is C12H20N2O3. The summed E-state index contributed by atoms with van der Waals surface area (Å²) in [7, 11) is 0. The lowest BCUT2D eigenvalue weighted by molar-refractivity contribution is 0.100. The van der Waals surface area contributed by atoms with E-state index in [0.29, 0.717) is 12.6 Å². The molecule has 0 aliphatic carbocycles. The zero-order valence-electron chi connectivity index (χ0n) is 10.5. The van der Waals surface area contributed by atoms with Gasteiger partial charge in [0.1, 0.15) is 12.7 Å². The van der Waals surface area contributed by atoms with Crippen molar-refractivity contribution in [3.63, 3.8) is 0 Å². The molecule has 17 heavy (non-hydrogen) atoms. The molecule has 5 heteroatoms. The number of ether oxygens (including phenoxy) is 1. The van der Waals surface area contributed by atoms with Gasteiger partial charge >= 0.3 is 0 Å². The Morgan fingerprint density at radius 1 is 1.41 bits per heavy atom. The fourth-order valence-electron chi connectivity index (χ4n) is 1.24. The van der Waals surface area contributed by atoms with E-state index < -0.39 is 6.10 Å². The predicted octanol–water partition coefficient (Wildman–Crippen LogP) is 0.833. The summed E-state index contributed by atoms with van der Waals surface area (Å²) in [6, 6.07) is 3.53. The highest BCUT2D eigenvalue weighted by molar-refractivity contribution is 5.32. The lowest BCUT2D eigenvalue weighted by Gasteiger charge is -2.15. The smallest absolute Gasteiger partial charge is 0.257 e. The zero-order valence-corrected chi connectivity index (χ0v) is 10.5. The summed E-state index contributed by atoms with van der Waals surface area (Å²) in [4.78, 5) is 4.04. The molecule has 0 fully saturated rings. The number of nitrogens with one attached hydrogen (secondary N) is 1. The van der Waals surface area contributed by atoms with Crippen LogP contribution in [0.1, 0.15) is 19.5 Å². The molecule has 0 saturated carbocycles. The van der Waals surface area contributed by atoms with Crippen LogP contribution in [0.5, 0.6) is 11.6 Å². The summed E-state index contributed by atoms with van der Waals surface area (Å²) in [5, 5.41) is 22.2. The molecule has 0 aromatic carbocycles. The number of aryl methyl sites for hydroxylation is 1. The third-order valence-corrected chi connectivity index (χ3v) is 2.15. The summed E-state index contributed by atoms with van der Waals surface area (Å²) in [6.45, 7) is 6.36. The van der Waals surface area contributed by atoms with Crippen molar-refractivity contribution < 1.29 is 14.9 Å². The molecule has 1 atom stereocenters. The minimum atomic E-state index is -0.626. The standard InChI is InChI=1S/C12H20N2O3/c1-8(2)13-6-10(15)7-17-12-11(16)5-4-9(3)14-12/h4-5,8,10,13,15-16H,6-7H2,1-3H3. The molecule has 5 nitrogen and oxygen atoms in total. The second-order valence-electron chi connectivity index (χ2n) is 4.30. The Hall–Kier alpha value is -1.33. The van der Waals surface area contributed by atoms with E-state index >= 15 is 0 Å². The van der Waals surface area contributed by atoms with Crippen molar-refractivity contribution in [2.24, 2.45) is 0 Å². The van der Waals surface area contributed by atoms with Crippen molar-refractivity contribution in [1.82, 2.24) is 10.3 Å². The van der Waals surface area contributed by atoms with Crippen LogP contribution in [0.15, 0.2) is 12.1 Å². The summed E-state index contributed by atoms with van der Waals surface area (Å²) in [5.41, 5.74) is 0.757. The lowest BCUT2D eigenvalue weighted by atomic mass is 10.3. The van der Waals surface area contributed by atoms with Gasteiger partial charge in [0.15, 0.2) is 5.75 Å². The quantitative estimate of drug-likeness (QED) is 0.687. The van der Waals surface area contributed by atoms with Crippen LogP contribution in [0.3, 0.4) is 0 Å². The maximum Gasteiger partial charge on any atom is 0.257 e. The Kier molecular flexibility index (Phi) is 5.18. The highest BCUT2D eigenvalue weighted by Crippen LogP contribution is 2.22. The molecular weight excluding hydrogens is 220 g/mol. The van der Waals surface area contributed by atoms with Gasteiger partial charge in [0.25, 0.3) is 5.88 Å². The number of aromatic nitrogens is 1. The van der Waals surface area contributed by atoms with E-state index in [4.69, 9.17) is 4.74 Å². The second kappa shape index (κ2) is 6.42. The number of aromatic hydroxyl groups is 1. The molecule has 0 aliphatic heterocycles. The maximum atomic E-state index is 9.62. The van der Waals surface area contributed by atoms with Crippen LogP contribution in [0.4, 0.5) is 0 Å². The second-order valence-corrected chi connectivity index (χ2v) is 4.30. The van der Waals surface area contributed by atoms with Crippen LogP contribution in [0.25, 0.3) is 0 Å². The minimum absolute atomic E-state index is 0.0142. The Balaban J connectivity index is 2.41. The molecule has 1 aromatic rings. The number of nitrogens with zero attached hydrogens (tertiary/aromatic N) is 1. The molecule has 3 N–H and O–H groups in total. The average Bonchev–Trinajstić information content (AvgIpc) is 2.27. The molecule has 0 bridgehead atoms. The summed E-state index contributed by atoms with van der Waals surface area (Å²) < 4.78 is 5.26. The van der Waals surface area contributed by atoms with Gasteiger partial charge in [-0.25, -0.2) is 4.98 Å². The number of aliphatic hydroxyl groups is 1. The molecule has 0 saturated heterocycles. The molecule has 96 valence electrons. The Morgan fingerprint density at radius 2 is 2.12 bits per heavy atom. The van der Waals surface area contributed by atoms with Crippen LogP contribution in [0, 0.1) is 6.92 Å². The van der Waals surface area contributed by atoms with Crippen molar-refractivity contribution >= 4 is 0 Å². The summed E-state index contributed by atoms with van der Waals surface area (Å²) in [6.07, 6.45) is -0.626.